The Hall–Kier alpha value is -1.51. The molecule has 0 aromatic heterocycles. The van der Waals surface area contributed by atoms with Crippen molar-refractivity contribution in [3.8, 4) is 0 Å². The predicted octanol–water partition coefficient (Wildman–Crippen LogP) is 5.45. The normalized spacial score (nSPS) is 31.0. The summed E-state index contributed by atoms with van der Waals surface area (Å²) < 4.78 is 11.3. The van der Waals surface area contributed by atoms with E-state index >= 15 is 0 Å². The molecule has 4 rings (SSSR count). The molecule has 0 heterocycles. The highest BCUT2D eigenvalue weighted by Crippen LogP contribution is 2.36. The lowest BCUT2D eigenvalue weighted by molar-refractivity contribution is -0.132. The molecular formula is C35H61N3O5. The molecule has 4 atom stereocenters. The molecule has 0 aromatic carbocycles. The van der Waals surface area contributed by atoms with E-state index in [1.807, 2.05) is 0 Å². The number of fused-ring (bicyclic) bond motifs is 3. The zero-order chi connectivity index (χ0) is 30.3. The minimum atomic E-state index is 0.0110. The van der Waals surface area contributed by atoms with Crippen molar-refractivity contribution in [2.24, 2.45) is 35.3 Å². The number of carbonyl (C=O) groups is 3. The summed E-state index contributed by atoms with van der Waals surface area (Å²) in [7, 11) is 0. The minimum absolute atomic E-state index is 0.0110. The first-order chi connectivity index (χ1) is 21.0. The third-order valence-electron chi connectivity index (χ3n) is 11.0. The van der Waals surface area contributed by atoms with Gasteiger partial charge >= 0.3 is 0 Å². The number of hydrogen-bond acceptors (Lipinski definition) is 6. The van der Waals surface area contributed by atoms with Gasteiger partial charge in [-0.1, -0.05) is 57.8 Å². The van der Waals surface area contributed by atoms with Crippen molar-refractivity contribution in [1.29, 1.82) is 0 Å². The van der Waals surface area contributed by atoms with Crippen molar-refractivity contribution in [3.63, 3.8) is 0 Å². The summed E-state index contributed by atoms with van der Waals surface area (Å²) in [6.45, 7) is 2.14. The summed E-state index contributed by atoms with van der Waals surface area (Å²) in [5.74, 6) is 2.05. The molecule has 4 unspecified atom stereocenters. The molecule has 0 saturated heterocycles. The van der Waals surface area contributed by atoms with Gasteiger partial charge in [-0.15, -0.1) is 0 Å². The van der Waals surface area contributed by atoms with E-state index in [0.717, 1.165) is 38.5 Å². The number of nitrogens with two attached hydrogens (primary N) is 1. The van der Waals surface area contributed by atoms with Crippen molar-refractivity contribution < 1.29 is 23.9 Å². The molecule has 0 aromatic rings. The van der Waals surface area contributed by atoms with Crippen LogP contribution >= 0.6 is 0 Å². The van der Waals surface area contributed by atoms with E-state index < -0.39 is 0 Å². The maximum atomic E-state index is 13.1. The van der Waals surface area contributed by atoms with Gasteiger partial charge in [-0.2, -0.15) is 0 Å². The van der Waals surface area contributed by atoms with Crippen LogP contribution in [0.5, 0.6) is 0 Å². The van der Waals surface area contributed by atoms with E-state index in [-0.39, 0.29) is 41.7 Å². The largest absolute Gasteiger partial charge is 0.379 e. The fraction of sp³-hybridized carbons (Fsp3) is 0.914. The molecule has 8 nitrogen and oxygen atoms in total. The van der Waals surface area contributed by atoms with Gasteiger partial charge < -0.3 is 25.8 Å². The van der Waals surface area contributed by atoms with Crippen LogP contribution in [0, 0.1) is 29.6 Å². The second kappa shape index (κ2) is 19.1. The molecule has 0 spiro atoms. The lowest BCUT2D eigenvalue weighted by atomic mass is 9.74. The smallest absolute Gasteiger partial charge is 0.223 e. The van der Waals surface area contributed by atoms with Crippen molar-refractivity contribution in [2.45, 2.75) is 141 Å². The molecular weight excluding hydrogens is 542 g/mol. The second-order valence-electron chi connectivity index (χ2n) is 14.0. The van der Waals surface area contributed by atoms with Gasteiger partial charge in [-0.25, -0.2) is 0 Å². The predicted molar refractivity (Wildman–Crippen MR) is 169 cm³/mol. The Balaban J connectivity index is 1.01. The molecule has 4 saturated carbocycles. The first-order valence-electron chi connectivity index (χ1n) is 18.0. The molecule has 246 valence electrons. The average Bonchev–Trinajstić information content (AvgIpc) is 3.09. The fourth-order valence-corrected chi connectivity index (χ4v) is 8.34. The van der Waals surface area contributed by atoms with Crippen LogP contribution in [0.2, 0.25) is 0 Å². The quantitative estimate of drug-likeness (QED) is 0.241. The third kappa shape index (κ3) is 11.4. The summed E-state index contributed by atoms with van der Waals surface area (Å²) in [5, 5.41) is 6.30. The molecule has 2 amide bonds. The Kier molecular flexibility index (Phi) is 15.3. The summed E-state index contributed by atoms with van der Waals surface area (Å²) in [6, 6.07) is 0.147. The first kappa shape index (κ1) is 34.4. The van der Waals surface area contributed by atoms with Crippen LogP contribution in [0.25, 0.3) is 0 Å². The fourth-order valence-electron chi connectivity index (χ4n) is 8.34. The number of Topliss-reactive ketones (excluding diaryl/α,β-unsaturated/α-hetero) is 1. The molecule has 4 aliphatic carbocycles. The third-order valence-corrected chi connectivity index (χ3v) is 11.0. The van der Waals surface area contributed by atoms with Gasteiger partial charge in [0.25, 0.3) is 0 Å². The molecule has 0 aliphatic heterocycles. The molecule has 4 N–H and O–H groups in total. The number of ketones is 1. The summed E-state index contributed by atoms with van der Waals surface area (Å²) in [6.07, 6.45) is 21.8. The number of ether oxygens (including phenoxy) is 2. The van der Waals surface area contributed by atoms with Crippen LogP contribution in [-0.2, 0) is 23.9 Å². The first-order valence-corrected chi connectivity index (χ1v) is 18.0. The molecule has 4 fully saturated rings. The molecule has 8 heteroatoms. The average molecular weight is 604 g/mol. The monoisotopic (exact) mass is 603 g/mol. The van der Waals surface area contributed by atoms with Crippen LogP contribution in [-0.4, -0.2) is 62.7 Å². The Morgan fingerprint density at radius 1 is 0.581 bits per heavy atom. The summed E-state index contributed by atoms with van der Waals surface area (Å²) in [4.78, 5) is 38.4. The van der Waals surface area contributed by atoms with Crippen LogP contribution in [0.4, 0.5) is 0 Å². The zero-order valence-electron chi connectivity index (χ0n) is 26.8. The van der Waals surface area contributed by atoms with Crippen LogP contribution in [0.15, 0.2) is 0 Å². The Morgan fingerprint density at radius 3 is 1.86 bits per heavy atom. The van der Waals surface area contributed by atoms with Crippen LogP contribution in [0.1, 0.15) is 128 Å². The van der Waals surface area contributed by atoms with Gasteiger partial charge in [0.15, 0.2) is 0 Å². The zero-order valence-corrected chi connectivity index (χ0v) is 26.8. The molecule has 0 radical (unpaired) electrons. The standard InChI is InChI=1S/C35H61N3O5/c36-32-26-10-7-4-8-11-27(15-9-14-26)33(32)38-31(39)20-22-42-24-25-43-23-21-37-35(41)30-18-16-29(17-19-30)34(40)28-12-5-2-1-3-6-13-28/h26-30,32-33H,1-25,36H2,(H,37,41)(H,38,39). The lowest BCUT2D eigenvalue weighted by Crippen LogP contribution is -2.53. The number of nitrogens with one attached hydrogen (secondary N) is 2. The minimum Gasteiger partial charge on any atom is -0.379 e. The summed E-state index contributed by atoms with van der Waals surface area (Å²) >= 11 is 0. The van der Waals surface area contributed by atoms with E-state index in [4.69, 9.17) is 15.2 Å². The maximum Gasteiger partial charge on any atom is 0.223 e. The van der Waals surface area contributed by atoms with Gasteiger partial charge in [-0.05, 0) is 76.0 Å². The van der Waals surface area contributed by atoms with Crippen molar-refractivity contribution in [1.82, 2.24) is 10.6 Å². The molecule has 43 heavy (non-hydrogen) atoms. The van der Waals surface area contributed by atoms with E-state index in [0.29, 0.717) is 57.0 Å². The Labute approximate surface area is 260 Å². The van der Waals surface area contributed by atoms with Gasteiger partial charge in [0.2, 0.25) is 11.8 Å². The Bertz CT molecular complexity index is 835. The van der Waals surface area contributed by atoms with E-state index in [1.54, 1.807) is 0 Å². The van der Waals surface area contributed by atoms with Gasteiger partial charge in [0.05, 0.1) is 26.4 Å². The van der Waals surface area contributed by atoms with Crippen molar-refractivity contribution in [2.75, 3.05) is 33.0 Å². The second-order valence-corrected chi connectivity index (χ2v) is 14.0. The van der Waals surface area contributed by atoms with E-state index in [1.165, 1.54) is 83.5 Å². The maximum absolute atomic E-state index is 13.1. The van der Waals surface area contributed by atoms with Gasteiger partial charge in [-0.3, -0.25) is 14.4 Å². The number of rotatable bonds is 13. The highest BCUT2D eigenvalue weighted by molar-refractivity contribution is 5.84. The summed E-state index contributed by atoms with van der Waals surface area (Å²) in [5.41, 5.74) is 6.70. The molecule has 2 bridgehead atoms. The van der Waals surface area contributed by atoms with Crippen LogP contribution in [0.3, 0.4) is 0 Å². The van der Waals surface area contributed by atoms with E-state index in [9.17, 15) is 14.4 Å². The van der Waals surface area contributed by atoms with Crippen LogP contribution < -0.4 is 16.4 Å². The topological polar surface area (TPSA) is 120 Å². The van der Waals surface area contributed by atoms with Crippen molar-refractivity contribution in [3.05, 3.63) is 0 Å². The van der Waals surface area contributed by atoms with Gasteiger partial charge in [0, 0.05) is 42.8 Å². The number of amides is 2. The number of hydrogen-bond donors (Lipinski definition) is 3. The highest BCUT2D eigenvalue weighted by Gasteiger charge is 2.36. The molecule has 4 aliphatic rings. The Morgan fingerprint density at radius 2 is 1.12 bits per heavy atom. The van der Waals surface area contributed by atoms with Gasteiger partial charge in [0.1, 0.15) is 5.78 Å². The van der Waals surface area contributed by atoms with Crippen molar-refractivity contribution >= 4 is 17.6 Å². The number of carbonyl (C=O) groups excluding carboxylic acids is 3. The lowest BCUT2D eigenvalue weighted by Gasteiger charge is -2.33. The highest BCUT2D eigenvalue weighted by atomic mass is 16.5. The SMILES string of the molecule is NC1C2CCCCCC(CCC2)C1NC(=O)CCOCCOCCNC(=O)C1CCC(C(=O)C2CCCCCCC2)CC1. The van der Waals surface area contributed by atoms with E-state index in [2.05, 4.69) is 10.6 Å².